The molecule has 3 rings (SSSR count). The van der Waals surface area contributed by atoms with Gasteiger partial charge >= 0.3 is 0 Å². The van der Waals surface area contributed by atoms with Crippen molar-refractivity contribution in [1.82, 2.24) is 9.78 Å². The van der Waals surface area contributed by atoms with E-state index in [0.29, 0.717) is 17.7 Å². The second-order valence-corrected chi connectivity index (χ2v) is 5.52. The van der Waals surface area contributed by atoms with Crippen molar-refractivity contribution < 1.29 is 9.90 Å². The number of hydrogen-bond acceptors (Lipinski definition) is 3. The Balaban J connectivity index is 1.77. The van der Waals surface area contributed by atoms with E-state index in [2.05, 4.69) is 10.4 Å². The summed E-state index contributed by atoms with van der Waals surface area (Å²) in [5.41, 5.74) is 3.99. The SMILES string of the molecule is Cc1c(C(=O)Nc2ccc(CCO)cc2)cnn1-c1ccccc1. The quantitative estimate of drug-likeness (QED) is 0.759. The van der Waals surface area contributed by atoms with Crippen LogP contribution in [0.15, 0.2) is 60.8 Å². The molecule has 1 aromatic heterocycles. The van der Waals surface area contributed by atoms with Gasteiger partial charge in [-0.1, -0.05) is 30.3 Å². The number of benzene rings is 2. The summed E-state index contributed by atoms with van der Waals surface area (Å²) in [5, 5.41) is 16.1. The molecule has 0 aliphatic rings. The summed E-state index contributed by atoms with van der Waals surface area (Å²) in [6, 6.07) is 17.2. The molecule has 0 atom stereocenters. The molecule has 5 nitrogen and oxygen atoms in total. The molecular formula is C19H19N3O2. The zero-order valence-electron chi connectivity index (χ0n) is 13.4. The lowest BCUT2D eigenvalue weighted by Crippen LogP contribution is -2.13. The average Bonchev–Trinajstić information content (AvgIpc) is 2.99. The first-order chi connectivity index (χ1) is 11.7. The van der Waals surface area contributed by atoms with Crippen LogP contribution in [0.3, 0.4) is 0 Å². The van der Waals surface area contributed by atoms with E-state index in [0.717, 1.165) is 16.9 Å². The molecule has 0 radical (unpaired) electrons. The molecule has 0 fully saturated rings. The fourth-order valence-electron chi connectivity index (χ4n) is 2.54. The van der Waals surface area contributed by atoms with Gasteiger partial charge in [-0.3, -0.25) is 4.79 Å². The summed E-state index contributed by atoms with van der Waals surface area (Å²) in [7, 11) is 0. The maximum absolute atomic E-state index is 12.5. The van der Waals surface area contributed by atoms with Crippen LogP contribution < -0.4 is 5.32 Å². The van der Waals surface area contributed by atoms with E-state index in [1.165, 1.54) is 0 Å². The molecule has 0 aliphatic heterocycles. The number of nitrogens with one attached hydrogen (secondary N) is 1. The first kappa shape index (κ1) is 16.0. The Bertz CT molecular complexity index is 824. The van der Waals surface area contributed by atoms with E-state index in [1.54, 1.807) is 10.9 Å². The fraction of sp³-hybridized carbons (Fsp3) is 0.158. The summed E-state index contributed by atoms with van der Waals surface area (Å²) in [6.07, 6.45) is 2.19. The van der Waals surface area contributed by atoms with Crippen molar-refractivity contribution in [1.29, 1.82) is 0 Å². The predicted molar refractivity (Wildman–Crippen MR) is 93.5 cm³/mol. The topological polar surface area (TPSA) is 67.2 Å². The highest BCUT2D eigenvalue weighted by Gasteiger charge is 2.15. The van der Waals surface area contributed by atoms with E-state index in [-0.39, 0.29) is 12.5 Å². The van der Waals surface area contributed by atoms with Crippen molar-refractivity contribution in [3.05, 3.63) is 77.6 Å². The number of aliphatic hydroxyl groups is 1. The summed E-state index contributed by atoms with van der Waals surface area (Å²) >= 11 is 0. The third-order valence-corrected chi connectivity index (χ3v) is 3.87. The highest BCUT2D eigenvalue weighted by atomic mass is 16.3. The Labute approximate surface area is 140 Å². The lowest BCUT2D eigenvalue weighted by molar-refractivity contribution is 0.102. The maximum Gasteiger partial charge on any atom is 0.259 e. The van der Waals surface area contributed by atoms with Crippen LogP contribution >= 0.6 is 0 Å². The Morgan fingerprint density at radius 3 is 2.50 bits per heavy atom. The van der Waals surface area contributed by atoms with Crippen molar-refractivity contribution in [3.8, 4) is 5.69 Å². The molecular weight excluding hydrogens is 302 g/mol. The summed E-state index contributed by atoms with van der Waals surface area (Å²) in [6.45, 7) is 1.99. The van der Waals surface area contributed by atoms with E-state index >= 15 is 0 Å². The number of anilines is 1. The van der Waals surface area contributed by atoms with Gasteiger partial charge in [-0.05, 0) is 43.2 Å². The van der Waals surface area contributed by atoms with Crippen LogP contribution in [-0.4, -0.2) is 27.4 Å². The predicted octanol–water partition coefficient (Wildman–Crippen LogP) is 2.97. The number of para-hydroxylation sites is 1. The highest BCUT2D eigenvalue weighted by Crippen LogP contribution is 2.16. The number of rotatable bonds is 5. The van der Waals surface area contributed by atoms with Crippen molar-refractivity contribution in [2.45, 2.75) is 13.3 Å². The number of aromatic nitrogens is 2. The first-order valence-electron chi connectivity index (χ1n) is 7.80. The molecule has 2 aromatic carbocycles. The van der Waals surface area contributed by atoms with Gasteiger partial charge in [-0.25, -0.2) is 4.68 Å². The lowest BCUT2D eigenvalue weighted by atomic mass is 10.1. The smallest absolute Gasteiger partial charge is 0.259 e. The van der Waals surface area contributed by atoms with Gasteiger partial charge in [0.05, 0.1) is 23.1 Å². The van der Waals surface area contributed by atoms with E-state index in [9.17, 15) is 4.79 Å². The Kier molecular flexibility index (Phi) is 4.72. The zero-order chi connectivity index (χ0) is 16.9. The van der Waals surface area contributed by atoms with Gasteiger partial charge in [0, 0.05) is 12.3 Å². The third kappa shape index (κ3) is 3.36. The van der Waals surface area contributed by atoms with Crippen molar-refractivity contribution in [2.75, 3.05) is 11.9 Å². The van der Waals surface area contributed by atoms with Crippen LogP contribution in [0.1, 0.15) is 21.6 Å². The molecule has 1 amide bonds. The minimum Gasteiger partial charge on any atom is -0.396 e. The second kappa shape index (κ2) is 7.10. The normalized spacial score (nSPS) is 10.6. The van der Waals surface area contributed by atoms with Gasteiger partial charge in [0.2, 0.25) is 0 Å². The van der Waals surface area contributed by atoms with Crippen molar-refractivity contribution in [3.63, 3.8) is 0 Å². The van der Waals surface area contributed by atoms with E-state index in [4.69, 9.17) is 5.11 Å². The zero-order valence-corrected chi connectivity index (χ0v) is 13.4. The Morgan fingerprint density at radius 1 is 1.12 bits per heavy atom. The monoisotopic (exact) mass is 321 g/mol. The first-order valence-corrected chi connectivity index (χ1v) is 7.80. The van der Waals surface area contributed by atoms with Crippen LogP contribution in [0.4, 0.5) is 5.69 Å². The summed E-state index contributed by atoms with van der Waals surface area (Å²) < 4.78 is 1.75. The minimum atomic E-state index is -0.190. The number of nitrogens with zero attached hydrogens (tertiary/aromatic N) is 2. The Morgan fingerprint density at radius 2 is 1.83 bits per heavy atom. The number of hydrogen-bond donors (Lipinski definition) is 2. The number of aliphatic hydroxyl groups excluding tert-OH is 1. The molecule has 0 aliphatic carbocycles. The molecule has 0 spiro atoms. The molecule has 1 heterocycles. The largest absolute Gasteiger partial charge is 0.396 e. The van der Waals surface area contributed by atoms with Gasteiger partial charge in [0.1, 0.15) is 0 Å². The molecule has 3 aromatic rings. The number of amides is 1. The molecule has 0 saturated heterocycles. The molecule has 0 saturated carbocycles. The lowest BCUT2D eigenvalue weighted by Gasteiger charge is -2.07. The number of carbonyl (C=O) groups excluding carboxylic acids is 1. The maximum atomic E-state index is 12.5. The molecule has 2 N–H and O–H groups in total. The molecule has 0 unspecified atom stereocenters. The highest BCUT2D eigenvalue weighted by molar-refractivity contribution is 6.04. The summed E-state index contributed by atoms with van der Waals surface area (Å²) in [5.74, 6) is -0.190. The van der Waals surface area contributed by atoms with Crippen LogP contribution in [0.25, 0.3) is 5.69 Å². The standard InChI is InChI=1S/C19H19N3O2/c1-14-18(13-20-22(14)17-5-3-2-4-6-17)19(24)21-16-9-7-15(8-10-16)11-12-23/h2-10,13,23H,11-12H2,1H3,(H,21,24). The Hall–Kier alpha value is -2.92. The molecule has 24 heavy (non-hydrogen) atoms. The van der Waals surface area contributed by atoms with Crippen molar-refractivity contribution >= 4 is 11.6 Å². The minimum absolute atomic E-state index is 0.115. The van der Waals surface area contributed by atoms with Gasteiger partial charge in [0.15, 0.2) is 0 Å². The van der Waals surface area contributed by atoms with Gasteiger partial charge in [-0.15, -0.1) is 0 Å². The molecule has 0 bridgehead atoms. The molecule has 122 valence electrons. The van der Waals surface area contributed by atoms with Crippen LogP contribution in [-0.2, 0) is 6.42 Å². The van der Waals surface area contributed by atoms with Gasteiger partial charge < -0.3 is 10.4 Å². The van der Waals surface area contributed by atoms with Crippen LogP contribution in [0.5, 0.6) is 0 Å². The molecule has 5 heteroatoms. The van der Waals surface area contributed by atoms with Gasteiger partial charge in [0.25, 0.3) is 5.91 Å². The van der Waals surface area contributed by atoms with Crippen LogP contribution in [0, 0.1) is 6.92 Å². The third-order valence-electron chi connectivity index (χ3n) is 3.87. The number of carbonyl (C=O) groups is 1. The van der Waals surface area contributed by atoms with Crippen LogP contribution in [0.2, 0.25) is 0 Å². The average molecular weight is 321 g/mol. The van der Waals surface area contributed by atoms with E-state index < -0.39 is 0 Å². The second-order valence-electron chi connectivity index (χ2n) is 5.52. The van der Waals surface area contributed by atoms with Gasteiger partial charge in [-0.2, -0.15) is 5.10 Å². The fourth-order valence-corrected chi connectivity index (χ4v) is 2.54. The summed E-state index contributed by atoms with van der Waals surface area (Å²) in [4.78, 5) is 12.5. The van der Waals surface area contributed by atoms with Crippen molar-refractivity contribution in [2.24, 2.45) is 0 Å². The van der Waals surface area contributed by atoms with E-state index in [1.807, 2.05) is 61.5 Å².